The first-order valence-corrected chi connectivity index (χ1v) is 7.22. The Labute approximate surface area is 123 Å². The van der Waals surface area contributed by atoms with Crippen LogP contribution in [0.15, 0.2) is 36.4 Å². The summed E-state index contributed by atoms with van der Waals surface area (Å²) in [5.74, 6) is 0.0883. The van der Waals surface area contributed by atoms with Crippen molar-refractivity contribution in [2.75, 3.05) is 0 Å². The smallest absolute Gasteiger partial charge is 0.159 e. The number of rotatable bonds is 3. The van der Waals surface area contributed by atoms with Crippen molar-refractivity contribution in [2.24, 2.45) is 0 Å². The Kier molecular flexibility index (Phi) is 3.27. The van der Waals surface area contributed by atoms with Gasteiger partial charge in [-0.2, -0.15) is 0 Å². The maximum atomic E-state index is 11.6. The number of aryl methyl sites for hydroxylation is 1. The van der Waals surface area contributed by atoms with Gasteiger partial charge in [-0.1, -0.05) is 18.5 Å². The summed E-state index contributed by atoms with van der Waals surface area (Å²) >= 11 is 6.13. The number of carbonyl (C=O) groups excluding carboxylic acids is 1. The molecule has 3 rings (SSSR count). The summed E-state index contributed by atoms with van der Waals surface area (Å²) in [6.45, 7) is 4.72. The first kappa shape index (κ1) is 13.2. The van der Waals surface area contributed by atoms with Crippen LogP contribution < -0.4 is 0 Å². The van der Waals surface area contributed by atoms with Crippen LogP contribution in [0.25, 0.3) is 21.8 Å². The third kappa shape index (κ3) is 2.01. The van der Waals surface area contributed by atoms with E-state index in [1.54, 1.807) is 6.92 Å². The Hall–Kier alpha value is -1.80. The minimum absolute atomic E-state index is 0.0883. The fraction of sp³-hybridized carbons (Fsp3) is 0.235. The minimum Gasteiger partial charge on any atom is -0.340 e. The number of ketones is 1. The Morgan fingerprint density at radius 3 is 2.40 bits per heavy atom. The fourth-order valence-corrected chi connectivity index (χ4v) is 2.93. The molecule has 3 aromatic rings. The van der Waals surface area contributed by atoms with Gasteiger partial charge in [-0.15, -0.1) is 0 Å². The molecule has 0 saturated carbocycles. The number of benzene rings is 2. The summed E-state index contributed by atoms with van der Waals surface area (Å²) in [7, 11) is 0. The largest absolute Gasteiger partial charge is 0.340 e. The molecule has 3 heteroatoms. The number of aromatic nitrogens is 1. The zero-order valence-electron chi connectivity index (χ0n) is 11.6. The summed E-state index contributed by atoms with van der Waals surface area (Å²) in [4.78, 5) is 11.6. The lowest BCUT2D eigenvalue weighted by atomic mass is 10.1. The van der Waals surface area contributed by atoms with Gasteiger partial charge in [0, 0.05) is 38.9 Å². The third-order valence-electron chi connectivity index (χ3n) is 3.68. The second kappa shape index (κ2) is 4.95. The van der Waals surface area contributed by atoms with E-state index >= 15 is 0 Å². The maximum absolute atomic E-state index is 11.6. The molecule has 2 aromatic carbocycles. The fourth-order valence-electron chi connectivity index (χ4n) is 2.76. The molecule has 0 bridgehead atoms. The summed E-state index contributed by atoms with van der Waals surface area (Å²) in [6, 6.07) is 11.9. The van der Waals surface area contributed by atoms with Gasteiger partial charge in [-0.25, -0.2) is 0 Å². The number of hydrogen-bond acceptors (Lipinski definition) is 1. The van der Waals surface area contributed by atoms with Gasteiger partial charge < -0.3 is 4.57 Å². The van der Waals surface area contributed by atoms with E-state index in [2.05, 4.69) is 17.6 Å². The quantitative estimate of drug-likeness (QED) is 0.617. The molecular weight excluding hydrogens is 270 g/mol. The van der Waals surface area contributed by atoms with Crippen LogP contribution in [-0.2, 0) is 6.54 Å². The molecule has 0 amide bonds. The van der Waals surface area contributed by atoms with E-state index in [4.69, 9.17) is 11.6 Å². The van der Waals surface area contributed by atoms with Gasteiger partial charge in [-0.3, -0.25) is 4.79 Å². The van der Waals surface area contributed by atoms with Crippen LogP contribution in [0.1, 0.15) is 30.6 Å². The van der Waals surface area contributed by atoms with E-state index in [0.29, 0.717) is 0 Å². The van der Waals surface area contributed by atoms with E-state index in [-0.39, 0.29) is 5.78 Å². The second-order valence-electron chi connectivity index (χ2n) is 5.10. The number of Topliss-reactive ketones (excluding diaryl/α,β-unsaturated/α-hetero) is 1. The van der Waals surface area contributed by atoms with Crippen molar-refractivity contribution in [1.82, 2.24) is 4.57 Å². The molecule has 0 N–H and O–H groups in total. The van der Waals surface area contributed by atoms with Crippen LogP contribution >= 0.6 is 11.6 Å². The van der Waals surface area contributed by atoms with Crippen LogP contribution in [0.2, 0.25) is 5.02 Å². The van der Waals surface area contributed by atoms with Crippen molar-refractivity contribution in [3.05, 3.63) is 47.0 Å². The minimum atomic E-state index is 0.0883. The van der Waals surface area contributed by atoms with Crippen molar-refractivity contribution >= 4 is 39.2 Å². The molecule has 1 heterocycles. The second-order valence-corrected chi connectivity index (χ2v) is 5.54. The van der Waals surface area contributed by atoms with Crippen molar-refractivity contribution in [3.63, 3.8) is 0 Å². The van der Waals surface area contributed by atoms with E-state index in [0.717, 1.165) is 39.8 Å². The normalized spacial score (nSPS) is 11.3. The van der Waals surface area contributed by atoms with Gasteiger partial charge in [0.25, 0.3) is 0 Å². The predicted octanol–water partition coefficient (Wildman–Crippen LogP) is 5.06. The molecule has 0 aliphatic carbocycles. The molecule has 1 aromatic heterocycles. The van der Waals surface area contributed by atoms with E-state index in [9.17, 15) is 4.79 Å². The van der Waals surface area contributed by atoms with Crippen LogP contribution in [0, 0.1) is 0 Å². The molecule has 0 fully saturated rings. The molecule has 0 aliphatic rings. The predicted molar refractivity (Wildman–Crippen MR) is 84.7 cm³/mol. The SMILES string of the molecule is CCCn1c2ccc(Cl)cc2c2cc(C(C)=O)ccc21. The number of hydrogen-bond donors (Lipinski definition) is 0. The van der Waals surface area contributed by atoms with E-state index in [1.165, 1.54) is 5.52 Å². The van der Waals surface area contributed by atoms with Gasteiger partial charge in [-0.05, 0) is 49.7 Å². The molecule has 0 unspecified atom stereocenters. The zero-order chi connectivity index (χ0) is 14.3. The Bertz CT molecular complexity index is 817. The van der Waals surface area contributed by atoms with Crippen LogP contribution in [0.3, 0.4) is 0 Å². The molecule has 2 nitrogen and oxygen atoms in total. The van der Waals surface area contributed by atoms with Crippen molar-refractivity contribution in [1.29, 1.82) is 0 Å². The lowest BCUT2D eigenvalue weighted by Crippen LogP contribution is -1.96. The molecule has 0 radical (unpaired) electrons. The highest BCUT2D eigenvalue weighted by molar-refractivity contribution is 6.32. The lowest BCUT2D eigenvalue weighted by molar-refractivity contribution is 0.101. The highest BCUT2D eigenvalue weighted by atomic mass is 35.5. The monoisotopic (exact) mass is 285 g/mol. The van der Waals surface area contributed by atoms with Crippen molar-refractivity contribution in [2.45, 2.75) is 26.8 Å². The van der Waals surface area contributed by atoms with Gasteiger partial charge in [0.1, 0.15) is 0 Å². The average molecular weight is 286 g/mol. The first-order chi connectivity index (χ1) is 9.61. The highest BCUT2D eigenvalue weighted by Gasteiger charge is 2.12. The van der Waals surface area contributed by atoms with Gasteiger partial charge >= 0.3 is 0 Å². The first-order valence-electron chi connectivity index (χ1n) is 6.84. The van der Waals surface area contributed by atoms with Crippen molar-refractivity contribution in [3.8, 4) is 0 Å². The lowest BCUT2D eigenvalue weighted by Gasteiger charge is -2.05. The number of halogens is 1. The number of carbonyl (C=O) groups is 1. The molecule has 0 aliphatic heterocycles. The Balaban J connectivity index is 2.43. The van der Waals surface area contributed by atoms with Gasteiger partial charge in [0.2, 0.25) is 0 Å². The third-order valence-corrected chi connectivity index (χ3v) is 3.92. The molecule has 0 spiro atoms. The Morgan fingerprint density at radius 2 is 1.75 bits per heavy atom. The average Bonchev–Trinajstić information content (AvgIpc) is 2.73. The highest BCUT2D eigenvalue weighted by Crippen LogP contribution is 2.32. The summed E-state index contributed by atoms with van der Waals surface area (Å²) < 4.78 is 2.30. The Morgan fingerprint density at radius 1 is 1.10 bits per heavy atom. The standard InChI is InChI=1S/C17H16ClNO/c1-3-8-19-16-6-4-12(11(2)20)9-14(16)15-10-13(18)5-7-17(15)19/h4-7,9-10H,3,8H2,1-2H3. The summed E-state index contributed by atoms with van der Waals surface area (Å²) in [6.07, 6.45) is 1.07. The van der Waals surface area contributed by atoms with Gasteiger partial charge in [0.05, 0.1) is 0 Å². The number of fused-ring (bicyclic) bond motifs is 3. The zero-order valence-corrected chi connectivity index (χ0v) is 12.4. The molecule has 0 saturated heterocycles. The molecule has 0 atom stereocenters. The van der Waals surface area contributed by atoms with E-state index in [1.807, 2.05) is 30.3 Å². The number of nitrogens with zero attached hydrogens (tertiary/aromatic N) is 1. The van der Waals surface area contributed by atoms with E-state index < -0.39 is 0 Å². The summed E-state index contributed by atoms with van der Waals surface area (Å²) in [5, 5.41) is 2.94. The summed E-state index contributed by atoms with van der Waals surface area (Å²) in [5.41, 5.74) is 3.08. The van der Waals surface area contributed by atoms with Crippen molar-refractivity contribution < 1.29 is 4.79 Å². The van der Waals surface area contributed by atoms with Crippen LogP contribution in [0.5, 0.6) is 0 Å². The topological polar surface area (TPSA) is 22.0 Å². The molecule has 102 valence electrons. The van der Waals surface area contributed by atoms with Crippen LogP contribution in [0.4, 0.5) is 0 Å². The molecule has 20 heavy (non-hydrogen) atoms. The van der Waals surface area contributed by atoms with Crippen LogP contribution in [-0.4, -0.2) is 10.4 Å². The maximum Gasteiger partial charge on any atom is 0.159 e. The molecular formula is C17H16ClNO. The van der Waals surface area contributed by atoms with Gasteiger partial charge in [0.15, 0.2) is 5.78 Å².